The zero-order valence-electron chi connectivity index (χ0n) is 10.7. The lowest BCUT2D eigenvalue weighted by Gasteiger charge is -2.36. The molecule has 1 aromatic carbocycles. The monoisotopic (exact) mass is 274 g/mol. The molecule has 0 saturated carbocycles. The molecule has 98 valence electrons. The average molecular weight is 274 g/mol. The molecule has 1 aliphatic rings. The molecule has 0 spiro atoms. The summed E-state index contributed by atoms with van der Waals surface area (Å²) in [5.41, 5.74) is 1.90. The number of methoxy groups -OCH3 is 2. The third kappa shape index (κ3) is 1.82. The number of ether oxygens (including phenoxy) is 2. The van der Waals surface area contributed by atoms with Crippen LogP contribution in [0.3, 0.4) is 0 Å². The number of thiophene rings is 1. The predicted molar refractivity (Wildman–Crippen MR) is 77.2 cm³/mol. The molecule has 4 nitrogen and oxygen atoms in total. The van der Waals surface area contributed by atoms with E-state index < -0.39 is 5.72 Å². The van der Waals surface area contributed by atoms with Crippen molar-refractivity contribution in [2.24, 2.45) is 4.99 Å². The van der Waals surface area contributed by atoms with Gasteiger partial charge >= 0.3 is 0 Å². The highest BCUT2D eigenvalue weighted by Crippen LogP contribution is 2.39. The Bertz CT molecular complexity index is 610. The van der Waals surface area contributed by atoms with Crippen LogP contribution in [-0.2, 0) is 15.2 Å². The van der Waals surface area contributed by atoms with Gasteiger partial charge in [0.25, 0.3) is 0 Å². The Kier molecular flexibility index (Phi) is 3.00. The smallest absolute Gasteiger partial charge is 0.248 e. The second kappa shape index (κ2) is 4.68. The summed E-state index contributed by atoms with van der Waals surface area (Å²) in [4.78, 5) is 4.56. The number of fused-ring (bicyclic) bond motifs is 1. The molecule has 2 aromatic rings. The van der Waals surface area contributed by atoms with E-state index in [0.717, 1.165) is 16.9 Å². The van der Waals surface area contributed by atoms with Crippen LogP contribution in [0.15, 0.2) is 46.1 Å². The van der Waals surface area contributed by atoms with Crippen LogP contribution in [0.2, 0.25) is 0 Å². The van der Waals surface area contributed by atoms with Crippen molar-refractivity contribution in [3.8, 4) is 0 Å². The van der Waals surface area contributed by atoms with Gasteiger partial charge in [-0.1, -0.05) is 12.1 Å². The van der Waals surface area contributed by atoms with Crippen LogP contribution in [0.5, 0.6) is 0 Å². The van der Waals surface area contributed by atoms with E-state index in [2.05, 4.69) is 10.3 Å². The fourth-order valence-electron chi connectivity index (χ4n) is 2.21. The van der Waals surface area contributed by atoms with Crippen molar-refractivity contribution in [2.45, 2.75) is 5.72 Å². The SMILES string of the molecule is COC1=Nc2ccccc2NC1(OC)c1ccsc1. The summed E-state index contributed by atoms with van der Waals surface area (Å²) >= 11 is 1.61. The number of anilines is 1. The first-order valence-electron chi connectivity index (χ1n) is 5.88. The Hall–Kier alpha value is -1.85. The summed E-state index contributed by atoms with van der Waals surface area (Å²) in [5, 5.41) is 7.42. The highest BCUT2D eigenvalue weighted by atomic mass is 32.1. The Morgan fingerprint density at radius 2 is 2.05 bits per heavy atom. The summed E-state index contributed by atoms with van der Waals surface area (Å²) in [6, 6.07) is 9.83. The van der Waals surface area contributed by atoms with Gasteiger partial charge in [0.2, 0.25) is 11.6 Å². The van der Waals surface area contributed by atoms with Gasteiger partial charge in [-0.25, -0.2) is 4.99 Å². The number of nitrogens with one attached hydrogen (secondary N) is 1. The number of para-hydroxylation sites is 2. The quantitative estimate of drug-likeness (QED) is 0.913. The van der Waals surface area contributed by atoms with Crippen molar-refractivity contribution in [1.29, 1.82) is 0 Å². The zero-order valence-corrected chi connectivity index (χ0v) is 11.5. The Morgan fingerprint density at radius 3 is 2.74 bits per heavy atom. The van der Waals surface area contributed by atoms with E-state index in [1.165, 1.54) is 0 Å². The first kappa shape index (κ1) is 12.2. The van der Waals surface area contributed by atoms with E-state index in [9.17, 15) is 0 Å². The summed E-state index contributed by atoms with van der Waals surface area (Å²) in [5.74, 6) is 0.507. The van der Waals surface area contributed by atoms with E-state index >= 15 is 0 Å². The van der Waals surface area contributed by atoms with Gasteiger partial charge in [0, 0.05) is 12.7 Å². The molecule has 1 unspecified atom stereocenters. The average Bonchev–Trinajstić information content (AvgIpc) is 3.00. The summed E-state index contributed by atoms with van der Waals surface area (Å²) < 4.78 is 11.2. The van der Waals surface area contributed by atoms with Gasteiger partial charge in [0.05, 0.1) is 18.5 Å². The molecule has 3 rings (SSSR count). The van der Waals surface area contributed by atoms with Gasteiger partial charge in [-0.15, -0.1) is 0 Å². The zero-order chi connectivity index (χ0) is 13.3. The van der Waals surface area contributed by atoms with Crippen molar-refractivity contribution in [1.82, 2.24) is 0 Å². The molecule has 1 atom stereocenters. The van der Waals surface area contributed by atoms with E-state index in [4.69, 9.17) is 9.47 Å². The van der Waals surface area contributed by atoms with Gasteiger partial charge < -0.3 is 14.8 Å². The van der Waals surface area contributed by atoms with Gasteiger partial charge in [-0.2, -0.15) is 11.3 Å². The van der Waals surface area contributed by atoms with Crippen molar-refractivity contribution in [2.75, 3.05) is 19.5 Å². The molecule has 0 radical (unpaired) electrons. The molecule has 0 fully saturated rings. The Balaban J connectivity index is 2.17. The fourth-order valence-corrected chi connectivity index (χ4v) is 2.91. The molecule has 19 heavy (non-hydrogen) atoms. The highest BCUT2D eigenvalue weighted by molar-refractivity contribution is 7.08. The van der Waals surface area contributed by atoms with Crippen molar-refractivity contribution < 1.29 is 9.47 Å². The maximum Gasteiger partial charge on any atom is 0.248 e. The lowest BCUT2D eigenvalue weighted by molar-refractivity contribution is 0.0516. The molecule has 0 amide bonds. The maximum atomic E-state index is 5.72. The summed E-state index contributed by atoms with van der Waals surface area (Å²) in [6.45, 7) is 0. The van der Waals surface area contributed by atoms with E-state index in [0.29, 0.717) is 5.90 Å². The highest BCUT2D eigenvalue weighted by Gasteiger charge is 2.43. The molecular formula is C14H14N2O2S. The molecule has 1 aliphatic heterocycles. The van der Waals surface area contributed by atoms with Crippen LogP contribution in [0.25, 0.3) is 0 Å². The van der Waals surface area contributed by atoms with E-state index in [-0.39, 0.29) is 0 Å². The van der Waals surface area contributed by atoms with E-state index in [1.807, 2.05) is 41.1 Å². The molecule has 2 heterocycles. The van der Waals surface area contributed by atoms with Crippen LogP contribution in [0.4, 0.5) is 11.4 Å². The number of benzene rings is 1. The number of aliphatic imine (C=N–C) groups is 1. The number of hydrogen-bond acceptors (Lipinski definition) is 5. The first-order chi connectivity index (χ1) is 9.30. The van der Waals surface area contributed by atoms with Crippen LogP contribution in [0, 0.1) is 0 Å². The Morgan fingerprint density at radius 1 is 1.21 bits per heavy atom. The fraction of sp³-hybridized carbons (Fsp3) is 0.214. The third-order valence-corrected chi connectivity index (χ3v) is 3.85. The standard InChI is InChI=1S/C14H14N2O2S/c1-17-13-14(18-2,10-7-8-19-9-10)16-12-6-4-3-5-11(12)15-13/h3-9,16H,1-2H3. The van der Waals surface area contributed by atoms with Crippen molar-refractivity contribution >= 4 is 28.6 Å². The molecule has 1 N–H and O–H groups in total. The molecule has 5 heteroatoms. The molecule has 0 bridgehead atoms. The lowest BCUT2D eigenvalue weighted by Crippen LogP contribution is -2.47. The minimum Gasteiger partial charge on any atom is -0.480 e. The van der Waals surface area contributed by atoms with Crippen LogP contribution < -0.4 is 5.32 Å². The van der Waals surface area contributed by atoms with Gasteiger partial charge in [-0.3, -0.25) is 0 Å². The molecule has 0 saturated heterocycles. The number of rotatable bonds is 2. The van der Waals surface area contributed by atoms with Crippen LogP contribution >= 0.6 is 11.3 Å². The summed E-state index contributed by atoms with van der Waals surface area (Å²) in [7, 11) is 3.25. The second-order valence-electron chi connectivity index (χ2n) is 4.16. The van der Waals surface area contributed by atoms with Crippen molar-refractivity contribution in [3.05, 3.63) is 46.7 Å². The molecule has 1 aromatic heterocycles. The van der Waals surface area contributed by atoms with Gasteiger partial charge in [-0.05, 0) is 29.0 Å². The lowest BCUT2D eigenvalue weighted by atomic mass is 10.0. The minimum atomic E-state index is -0.858. The molecular weight excluding hydrogens is 260 g/mol. The predicted octanol–water partition coefficient (Wildman–Crippen LogP) is 3.35. The van der Waals surface area contributed by atoms with Gasteiger partial charge in [0.15, 0.2) is 0 Å². The minimum absolute atomic E-state index is 0.507. The maximum absolute atomic E-state index is 5.72. The second-order valence-corrected chi connectivity index (χ2v) is 4.94. The largest absolute Gasteiger partial charge is 0.480 e. The number of nitrogens with zero attached hydrogens (tertiary/aromatic N) is 1. The third-order valence-electron chi connectivity index (χ3n) is 3.17. The first-order valence-corrected chi connectivity index (χ1v) is 6.82. The Labute approximate surface area is 115 Å². The molecule has 0 aliphatic carbocycles. The topological polar surface area (TPSA) is 42.8 Å². The normalized spacial score (nSPS) is 21.3. The number of hydrogen-bond donors (Lipinski definition) is 1. The summed E-state index contributed by atoms with van der Waals surface area (Å²) in [6.07, 6.45) is 0. The van der Waals surface area contributed by atoms with Crippen LogP contribution in [0.1, 0.15) is 5.56 Å². The van der Waals surface area contributed by atoms with Crippen LogP contribution in [-0.4, -0.2) is 20.1 Å². The van der Waals surface area contributed by atoms with Crippen molar-refractivity contribution in [3.63, 3.8) is 0 Å². The van der Waals surface area contributed by atoms with Gasteiger partial charge in [0.1, 0.15) is 0 Å². The van der Waals surface area contributed by atoms with E-state index in [1.54, 1.807) is 25.6 Å².